The van der Waals surface area contributed by atoms with Gasteiger partial charge in [0.05, 0.1) is 23.6 Å². The first-order chi connectivity index (χ1) is 13.5. The molecule has 0 aliphatic carbocycles. The zero-order chi connectivity index (χ0) is 19.7. The summed E-state index contributed by atoms with van der Waals surface area (Å²) in [7, 11) is 0. The number of nitrogens with one attached hydrogen (secondary N) is 1. The SMILES string of the molecule is Cc1ccc(C2CCCN2c2nc(Nc3ncc(C#N)s3)c(C)nc2C)cc1. The molecule has 28 heavy (non-hydrogen) atoms. The Kier molecular flexibility index (Phi) is 4.97. The predicted octanol–water partition coefficient (Wildman–Crippen LogP) is 4.82. The van der Waals surface area contributed by atoms with Crippen LogP contribution in [0.5, 0.6) is 0 Å². The number of aromatic nitrogens is 3. The first kappa shape index (κ1) is 18.4. The molecule has 142 valence electrons. The van der Waals surface area contributed by atoms with E-state index in [9.17, 15) is 0 Å². The first-order valence-corrected chi connectivity index (χ1v) is 10.2. The van der Waals surface area contributed by atoms with Gasteiger partial charge in [0.15, 0.2) is 16.8 Å². The molecule has 0 bridgehead atoms. The smallest absolute Gasteiger partial charge is 0.189 e. The summed E-state index contributed by atoms with van der Waals surface area (Å²) in [6, 6.07) is 11.2. The van der Waals surface area contributed by atoms with E-state index in [0.29, 0.717) is 21.9 Å². The zero-order valence-electron chi connectivity index (χ0n) is 16.2. The van der Waals surface area contributed by atoms with Gasteiger partial charge in [0, 0.05) is 6.54 Å². The van der Waals surface area contributed by atoms with Gasteiger partial charge in [0.25, 0.3) is 0 Å². The molecule has 3 heterocycles. The highest BCUT2D eigenvalue weighted by Gasteiger charge is 2.29. The topological polar surface area (TPSA) is 77.7 Å². The minimum absolute atomic E-state index is 0.314. The number of nitrogens with zero attached hydrogens (tertiary/aromatic N) is 5. The summed E-state index contributed by atoms with van der Waals surface area (Å²) < 4.78 is 0. The van der Waals surface area contributed by atoms with Crippen molar-refractivity contribution in [3.63, 3.8) is 0 Å². The monoisotopic (exact) mass is 390 g/mol. The Bertz CT molecular complexity index is 1030. The van der Waals surface area contributed by atoms with Crippen molar-refractivity contribution in [3.8, 4) is 6.07 Å². The Labute approximate surface area is 168 Å². The maximum absolute atomic E-state index is 9.01. The third-order valence-electron chi connectivity index (χ3n) is 5.05. The number of aryl methyl sites for hydroxylation is 3. The van der Waals surface area contributed by atoms with Crippen LogP contribution in [0.4, 0.5) is 16.8 Å². The molecule has 0 saturated carbocycles. The van der Waals surface area contributed by atoms with Crippen LogP contribution in [-0.4, -0.2) is 21.5 Å². The van der Waals surface area contributed by atoms with E-state index in [-0.39, 0.29) is 0 Å². The molecule has 0 spiro atoms. The Hall–Kier alpha value is -2.98. The summed E-state index contributed by atoms with van der Waals surface area (Å²) in [6.45, 7) is 7.03. The first-order valence-electron chi connectivity index (χ1n) is 9.36. The number of thiazole rings is 1. The molecular formula is C21H22N6S. The van der Waals surface area contributed by atoms with Crippen LogP contribution in [0.1, 0.15) is 46.3 Å². The van der Waals surface area contributed by atoms with Crippen LogP contribution >= 0.6 is 11.3 Å². The average molecular weight is 391 g/mol. The van der Waals surface area contributed by atoms with Crippen molar-refractivity contribution in [2.24, 2.45) is 0 Å². The molecule has 1 atom stereocenters. The van der Waals surface area contributed by atoms with Crippen molar-refractivity contribution in [2.45, 2.75) is 39.7 Å². The van der Waals surface area contributed by atoms with Gasteiger partial charge in [-0.3, -0.25) is 4.98 Å². The van der Waals surface area contributed by atoms with Crippen molar-refractivity contribution < 1.29 is 0 Å². The number of rotatable bonds is 4. The van der Waals surface area contributed by atoms with Crippen LogP contribution in [0.15, 0.2) is 30.5 Å². The van der Waals surface area contributed by atoms with Crippen LogP contribution in [0.25, 0.3) is 0 Å². The lowest BCUT2D eigenvalue weighted by Gasteiger charge is -2.28. The molecule has 4 rings (SSSR count). The third kappa shape index (κ3) is 3.56. The lowest BCUT2D eigenvalue weighted by molar-refractivity contribution is 0.706. The van der Waals surface area contributed by atoms with E-state index in [1.807, 2.05) is 13.8 Å². The minimum Gasteiger partial charge on any atom is -0.348 e. The summed E-state index contributed by atoms with van der Waals surface area (Å²) in [5, 5.41) is 12.9. The van der Waals surface area contributed by atoms with Crippen LogP contribution in [0.3, 0.4) is 0 Å². The Morgan fingerprint density at radius 3 is 2.64 bits per heavy atom. The van der Waals surface area contributed by atoms with E-state index in [0.717, 1.165) is 36.6 Å². The van der Waals surface area contributed by atoms with E-state index in [2.05, 4.69) is 52.5 Å². The number of hydrogen-bond acceptors (Lipinski definition) is 7. The second kappa shape index (κ2) is 7.56. The number of hydrogen-bond donors (Lipinski definition) is 1. The molecule has 2 aromatic heterocycles. The molecule has 1 aliphatic rings. The molecule has 0 radical (unpaired) electrons. The molecule has 3 aromatic rings. The maximum atomic E-state index is 9.01. The molecule has 1 unspecified atom stereocenters. The summed E-state index contributed by atoms with van der Waals surface area (Å²) in [6.07, 6.45) is 3.81. The van der Waals surface area contributed by atoms with Gasteiger partial charge in [-0.1, -0.05) is 41.2 Å². The van der Waals surface area contributed by atoms with Crippen LogP contribution in [0, 0.1) is 32.1 Å². The van der Waals surface area contributed by atoms with E-state index in [1.54, 1.807) is 6.20 Å². The fourth-order valence-electron chi connectivity index (χ4n) is 3.65. The van der Waals surface area contributed by atoms with Crippen LogP contribution < -0.4 is 10.2 Å². The third-order valence-corrected chi connectivity index (χ3v) is 5.87. The van der Waals surface area contributed by atoms with Crippen molar-refractivity contribution in [1.82, 2.24) is 15.0 Å². The normalized spacial score (nSPS) is 16.2. The maximum Gasteiger partial charge on any atom is 0.189 e. The van der Waals surface area contributed by atoms with Gasteiger partial charge in [0.1, 0.15) is 10.9 Å². The standard InChI is InChI=1S/C21H22N6S/c1-13-6-8-16(9-7-13)18-5-4-10-27(18)20-15(3)24-14(2)19(25-20)26-21-23-12-17(11-22)28-21/h6-9,12,18H,4-5,10H2,1-3H3,(H,23,25,26). The molecule has 6 nitrogen and oxygen atoms in total. The molecule has 1 aromatic carbocycles. The highest BCUT2D eigenvalue weighted by atomic mass is 32.1. The van der Waals surface area contributed by atoms with E-state index < -0.39 is 0 Å². The quantitative estimate of drug-likeness (QED) is 0.688. The summed E-state index contributed by atoms with van der Waals surface area (Å²) in [4.78, 5) is 16.8. The Morgan fingerprint density at radius 2 is 1.93 bits per heavy atom. The predicted molar refractivity (Wildman–Crippen MR) is 112 cm³/mol. The summed E-state index contributed by atoms with van der Waals surface area (Å²) >= 11 is 1.31. The highest BCUT2D eigenvalue weighted by molar-refractivity contribution is 7.16. The average Bonchev–Trinajstić information content (AvgIpc) is 3.34. The largest absolute Gasteiger partial charge is 0.348 e. The molecule has 1 N–H and O–H groups in total. The van der Waals surface area contributed by atoms with Crippen LogP contribution in [0.2, 0.25) is 0 Å². The molecular weight excluding hydrogens is 368 g/mol. The number of benzene rings is 1. The molecule has 0 amide bonds. The van der Waals surface area contributed by atoms with Gasteiger partial charge in [0.2, 0.25) is 0 Å². The lowest BCUT2D eigenvalue weighted by Crippen LogP contribution is -2.25. The molecule has 1 saturated heterocycles. The van der Waals surface area contributed by atoms with Crippen molar-refractivity contribution in [2.75, 3.05) is 16.8 Å². The number of anilines is 3. The molecule has 1 fully saturated rings. The fraction of sp³-hybridized carbons (Fsp3) is 0.333. The summed E-state index contributed by atoms with van der Waals surface area (Å²) in [5.74, 6) is 1.60. The summed E-state index contributed by atoms with van der Waals surface area (Å²) in [5.41, 5.74) is 4.34. The van der Waals surface area contributed by atoms with Gasteiger partial charge in [-0.2, -0.15) is 5.26 Å². The minimum atomic E-state index is 0.314. The van der Waals surface area contributed by atoms with E-state index >= 15 is 0 Å². The lowest BCUT2D eigenvalue weighted by atomic mass is 10.0. The highest BCUT2D eigenvalue weighted by Crippen LogP contribution is 2.37. The van der Waals surface area contributed by atoms with Gasteiger partial charge in [-0.15, -0.1) is 0 Å². The van der Waals surface area contributed by atoms with Gasteiger partial charge in [-0.05, 0) is 39.2 Å². The van der Waals surface area contributed by atoms with E-state index in [4.69, 9.17) is 15.2 Å². The Balaban J connectivity index is 1.66. The Morgan fingerprint density at radius 1 is 1.14 bits per heavy atom. The van der Waals surface area contributed by atoms with Gasteiger partial charge >= 0.3 is 0 Å². The van der Waals surface area contributed by atoms with Crippen molar-refractivity contribution in [3.05, 3.63) is 57.9 Å². The van der Waals surface area contributed by atoms with Crippen molar-refractivity contribution in [1.29, 1.82) is 5.26 Å². The zero-order valence-corrected chi connectivity index (χ0v) is 17.0. The van der Waals surface area contributed by atoms with Gasteiger partial charge < -0.3 is 10.2 Å². The fourth-order valence-corrected chi connectivity index (χ4v) is 4.27. The van der Waals surface area contributed by atoms with E-state index in [1.165, 1.54) is 22.5 Å². The van der Waals surface area contributed by atoms with Crippen LogP contribution in [-0.2, 0) is 0 Å². The number of nitriles is 1. The van der Waals surface area contributed by atoms with Gasteiger partial charge in [-0.25, -0.2) is 9.97 Å². The second-order valence-electron chi connectivity index (χ2n) is 7.10. The second-order valence-corrected chi connectivity index (χ2v) is 8.13. The van der Waals surface area contributed by atoms with Crippen molar-refractivity contribution >= 4 is 28.1 Å². The molecule has 1 aliphatic heterocycles. The molecule has 7 heteroatoms.